The molecule has 8 nitrogen and oxygen atoms in total. The molecule has 0 aliphatic heterocycles. The molecule has 0 saturated heterocycles. The Morgan fingerprint density at radius 1 is 0.493 bits per heavy atom. The van der Waals surface area contributed by atoms with Crippen molar-refractivity contribution in [3.05, 3.63) is 109 Å². The molecule has 3 atom stereocenters. The number of quaternary nitrogens is 1. The Bertz CT molecular complexity index is 1520. The van der Waals surface area contributed by atoms with Crippen LogP contribution in [0.4, 0.5) is 0 Å². The summed E-state index contributed by atoms with van der Waals surface area (Å²) in [6.07, 6.45) is 76.4. The largest absolute Gasteiger partial charge is 0.472 e. The number of nitrogens with one attached hydrogen (secondary N) is 1. The van der Waals surface area contributed by atoms with Gasteiger partial charge < -0.3 is 19.8 Å². The number of hydrogen-bond donors (Lipinski definition) is 3. The van der Waals surface area contributed by atoms with Gasteiger partial charge in [0.15, 0.2) is 0 Å². The van der Waals surface area contributed by atoms with Crippen molar-refractivity contribution in [3.8, 4) is 0 Å². The molecule has 71 heavy (non-hydrogen) atoms. The third-order valence-electron chi connectivity index (χ3n) is 12.2. The number of allylic oxidation sites excluding steroid dienone is 17. The van der Waals surface area contributed by atoms with Gasteiger partial charge in [0.2, 0.25) is 5.91 Å². The van der Waals surface area contributed by atoms with Crippen LogP contribution in [0.2, 0.25) is 0 Å². The van der Waals surface area contributed by atoms with Crippen LogP contribution >= 0.6 is 7.82 Å². The van der Waals surface area contributed by atoms with Gasteiger partial charge in [-0.15, -0.1) is 0 Å². The van der Waals surface area contributed by atoms with E-state index in [1.54, 1.807) is 6.08 Å². The van der Waals surface area contributed by atoms with Gasteiger partial charge in [-0.2, -0.15) is 0 Å². The van der Waals surface area contributed by atoms with E-state index in [9.17, 15) is 19.4 Å². The van der Waals surface area contributed by atoms with Gasteiger partial charge in [-0.3, -0.25) is 13.8 Å². The Morgan fingerprint density at radius 3 is 1.30 bits per heavy atom. The Balaban J connectivity index is 4.38. The molecule has 0 bridgehead atoms. The highest BCUT2D eigenvalue weighted by atomic mass is 31.2. The molecular formula is C62H110N2O6P+. The second kappa shape index (κ2) is 52.0. The number of aliphatic hydroxyl groups excluding tert-OH is 1. The molecule has 0 saturated carbocycles. The van der Waals surface area contributed by atoms with Crippen LogP contribution in [0.15, 0.2) is 109 Å². The molecule has 0 aromatic carbocycles. The van der Waals surface area contributed by atoms with E-state index < -0.39 is 20.0 Å². The zero-order valence-electron chi connectivity index (χ0n) is 46.4. The van der Waals surface area contributed by atoms with Gasteiger partial charge in [-0.25, -0.2) is 4.57 Å². The number of nitrogens with zero attached hydrogens (tertiary/aromatic N) is 1. The molecule has 0 aliphatic rings. The summed E-state index contributed by atoms with van der Waals surface area (Å²) in [4.78, 5) is 23.3. The number of unbranched alkanes of at least 4 members (excludes halogenated alkanes) is 22. The molecule has 0 rings (SSSR count). The lowest BCUT2D eigenvalue weighted by Crippen LogP contribution is -2.45. The summed E-state index contributed by atoms with van der Waals surface area (Å²) in [5.74, 6) is -0.236. The zero-order valence-corrected chi connectivity index (χ0v) is 47.3. The summed E-state index contributed by atoms with van der Waals surface area (Å²) in [6, 6.07) is -0.902. The van der Waals surface area contributed by atoms with E-state index >= 15 is 0 Å². The molecule has 0 radical (unpaired) electrons. The highest BCUT2D eigenvalue weighted by Crippen LogP contribution is 2.43. The summed E-state index contributed by atoms with van der Waals surface area (Å²) < 4.78 is 23.6. The maximum atomic E-state index is 12.9. The fraction of sp³-hybridized carbons (Fsp3) is 0.694. The lowest BCUT2D eigenvalue weighted by Gasteiger charge is -2.25. The van der Waals surface area contributed by atoms with E-state index in [2.05, 4.69) is 116 Å². The van der Waals surface area contributed by atoms with Crippen LogP contribution in [0, 0.1) is 0 Å². The normalized spacial score (nSPS) is 14.7. The molecule has 0 aromatic rings. The predicted octanol–water partition coefficient (Wildman–Crippen LogP) is 17.6. The van der Waals surface area contributed by atoms with E-state index in [4.69, 9.17) is 9.05 Å². The number of carbonyl (C=O) groups is 1. The van der Waals surface area contributed by atoms with Gasteiger partial charge in [-0.1, -0.05) is 232 Å². The average molecular weight is 1010 g/mol. The maximum absolute atomic E-state index is 12.9. The number of amides is 1. The van der Waals surface area contributed by atoms with Crippen LogP contribution < -0.4 is 5.32 Å². The first-order chi connectivity index (χ1) is 34.5. The minimum Gasteiger partial charge on any atom is -0.387 e. The van der Waals surface area contributed by atoms with Crippen LogP contribution in [0.3, 0.4) is 0 Å². The number of likely N-dealkylation sites (N-methyl/N-ethyl adjacent to an activating group) is 1. The van der Waals surface area contributed by atoms with Crippen molar-refractivity contribution in [1.29, 1.82) is 0 Å². The first-order valence-corrected chi connectivity index (χ1v) is 30.3. The average Bonchev–Trinajstić information content (AvgIpc) is 3.33. The van der Waals surface area contributed by atoms with Gasteiger partial charge in [0, 0.05) is 6.42 Å². The van der Waals surface area contributed by atoms with Crippen molar-refractivity contribution < 1.29 is 32.9 Å². The lowest BCUT2D eigenvalue weighted by molar-refractivity contribution is -0.870. The zero-order chi connectivity index (χ0) is 52.0. The van der Waals surface area contributed by atoms with Crippen molar-refractivity contribution in [2.24, 2.45) is 0 Å². The van der Waals surface area contributed by atoms with Crippen molar-refractivity contribution in [2.75, 3.05) is 40.9 Å². The number of rotatable bonds is 51. The standard InChI is InChI=1S/C62H109N2O6P/c1-6-8-10-12-14-16-18-20-22-24-26-28-29-30-31-32-33-34-36-37-39-41-43-45-47-49-51-53-55-61(65)60(59-70-71(67,68)69-58-57-64(3,4)5)63-62(66)56-54-52-50-48-46-44-42-40-38-35-27-25-23-21-19-17-15-13-11-9-7-2/h9,11,15,17,21,23,27,35,37,39-40,42,45-48,53,55,60-61,65H,6-8,10,12-14,16,18-20,22,24-26,28-34,36,38,41,43-44,49-52,54,56-59H2,1-5H3,(H-,63,66,67,68)/p+1/b11-9-,17-15-,23-21-,35-27-,39-37+,42-40-,47-45+,48-46-,55-53+. The van der Waals surface area contributed by atoms with E-state index in [0.29, 0.717) is 17.4 Å². The van der Waals surface area contributed by atoms with Gasteiger partial charge >= 0.3 is 7.82 Å². The number of carbonyl (C=O) groups excluding carboxylic acids is 1. The second-order valence-corrected chi connectivity index (χ2v) is 21.7. The minimum absolute atomic E-state index is 0.0387. The van der Waals surface area contributed by atoms with Crippen molar-refractivity contribution in [1.82, 2.24) is 5.32 Å². The van der Waals surface area contributed by atoms with Gasteiger partial charge in [-0.05, 0) is 96.3 Å². The maximum Gasteiger partial charge on any atom is 0.472 e. The first-order valence-electron chi connectivity index (χ1n) is 28.8. The van der Waals surface area contributed by atoms with Gasteiger partial charge in [0.05, 0.1) is 39.9 Å². The van der Waals surface area contributed by atoms with Crippen LogP contribution in [0.5, 0.6) is 0 Å². The van der Waals surface area contributed by atoms with Crippen molar-refractivity contribution in [3.63, 3.8) is 0 Å². The number of hydrogen-bond acceptors (Lipinski definition) is 5. The SMILES string of the molecule is CC/C=C\C/C=C\C/C=C\C/C=C\C/C=C\C/C=C\CCCCC(=O)NC(COP(=O)(O)OCC[N+](C)(C)C)C(O)/C=C/CC/C=C/CC/C=C/CCCCCCCCCCCCCCCCCCCC. The Morgan fingerprint density at radius 2 is 0.859 bits per heavy atom. The molecule has 0 heterocycles. The van der Waals surface area contributed by atoms with Crippen molar-refractivity contribution >= 4 is 13.7 Å². The molecule has 1 amide bonds. The third kappa shape index (κ3) is 54.8. The highest BCUT2D eigenvalue weighted by molar-refractivity contribution is 7.47. The molecular weight excluding hydrogens is 900 g/mol. The van der Waals surface area contributed by atoms with Gasteiger partial charge in [0.25, 0.3) is 0 Å². The Hall–Kier alpha value is -2.84. The molecule has 0 fully saturated rings. The van der Waals surface area contributed by atoms with E-state index in [1.807, 2.05) is 27.2 Å². The summed E-state index contributed by atoms with van der Waals surface area (Å²) >= 11 is 0. The second-order valence-electron chi connectivity index (χ2n) is 20.3. The molecule has 3 N–H and O–H groups in total. The summed E-state index contributed by atoms with van der Waals surface area (Å²) in [7, 11) is 1.50. The van der Waals surface area contributed by atoms with Crippen LogP contribution in [-0.4, -0.2) is 73.4 Å². The molecule has 0 spiro atoms. The summed E-state index contributed by atoms with van der Waals surface area (Å²) in [6.45, 7) is 4.64. The smallest absolute Gasteiger partial charge is 0.387 e. The molecule has 3 unspecified atom stereocenters. The monoisotopic (exact) mass is 1010 g/mol. The van der Waals surface area contributed by atoms with E-state index in [-0.39, 0.29) is 25.5 Å². The first kappa shape index (κ1) is 68.2. The quantitative estimate of drug-likeness (QED) is 0.0243. The summed E-state index contributed by atoms with van der Waals surface area (Å²) in [5, 5.41) is 13.9. The Kier molecular flexibility index (Phi) is 50.0. The number of phosphoric ester groups is 1. The van der Waals surface area contributed by atoms with Crippen LogP contribution in [-0.2, 0) is 18.4 Å². The highest BCUT2D eigenvalue weighted by Gasteiger charge is 2.27. The topological polar surface area (TPSA) is 105 Å². The molecule has 0 aliphatic carbocycles. The number of phosphoric acid groups is 1. The summed E-state index contributed by atoms with van der Waals surface area (Å²) in [5.41, 5.74) is 0. The molecule has 0 aromatic heterocycles. The van der Waals surface area contributed by atoms with E-state index in [0.717, 1.165) is 77.0 Å². The minimum atomic E-state index is -4.38. The molecule has 9 heteroatoms. The third-order valence-corrected chi connectivity index (χ3v) is 13.2. The Labute approximate surface area is 438 Å². The van der Waals surface area contributed by atoms with Crippen molar-refractivity contribution in [2.45, 2.75) is 238 Å². The van der Waals surface area contributed by atoms with Crippen LogP contribution in [0.1, 0.15) is 226 Å². The fourth-order valence-electron chi connectivity index (χ4n) is 7.72. The van der Waals surface area contributed by atoms with Crippen LogP contribution in [0.25, 0.3) is 0 Å². The van der Waals surface area contributed by atoms with Gasteiger partial charge in [0.1, 0.15) is 13.2 Å². The number of aliphatic hydroxyl groups is 1. The fourth-order valence-corrected chi connectivity index (χ4v) is 8.46. The predicted molar refractivity (Wildman–Crippen MR) is 309 cm³/mol. The lowest BCUT2D eigenvalue weighted by atomic mass is 10.0. The van der Waals surface area contributed by atoms with E-state index in [1.165, 1.54) is 122 Å². The molecule has 408 valence electrons.